The number of hydrogen-bond acceptors (Lipinski definition) is 5. The van der Waals surface area contributed by atoms with E-state index in [1.807, 2.05) is 0 Å². The Labute approximate surface area is 215 Å². The van der Waals surface area contributed by atoms with Crippen LogP contribution in [0.2, 0.25) is 5.02 Å². The van der Waals surface area contributed by atoms with E-state index in [9.17, 15) is 23.1 Å². The molecular weight excluding hydrogens is 511 g/mol. The van der Waals surface area contributed by atoms with Gasteiger partial charge in [-0.3, -0.25) is 5.10 Å². The molecule has 1 aromatic heterocycles. The summed E-state index contributed by atoms with van der Waals surface area (Å²) < 4.78 is 47.9. The number of nitrogens with zero attached hydrogens (tertiary/aromatic N) is 3. The van der Waals surface area contributed by atoms with Gasteiger partial charge in [0.25, 0.3) is 0 Å². The lowest BCUT2D eigenvalue weighted by Crippen LogP contribution is -2.38. The molecule has 4 rings (SSSR count). The molecule has 0 spiro atoms. The van der Waals surface area contributed by atoms with E-state index in [2.05, 4.69) is 20.5 Å². The third-order valence-corrected chi connectivity index (χ3v) is 6.07. The van der Waals surface area contributed by atoms with Gasteiger partial charge >= 0.3 is 6.03 Å². The molecule has 194 valence electrons. The number of aromatic amines is 1. The first-order chi connectivity index (χ1) is 17.8. The van der Waals surface area contributed by atoms with Crippen LogP contribution in [-0.2, 0) is 6.61 Å². The van der Waals surface area contributed by atoms with Crippen molar-refractivity contribution in [2.24, 2.45) is 0 Å². The largest absolute Gasteiger partial charge is 0.485 e. The summed E-state index contributed by atoms with van der Waals surface area (Å²) in [5.41, 5.74) is 0.788. The number of aliphatic hydroxyl groups is 1. The fourth-order valence-electron chi connectivity index (χ4n) is 3.92. The molecule has 0 aliphatic carbocycles. The minimum atomic E-state index is -1.06. The third-order valence-electron chi connectivity index (χ3n) is 5.78. The van der Waals surface area contributed by atoms with Crippen LogP contribution in [0.5, 0.6) is 5.75 Å². The van der Waals surface area contributed by atoms with Crippen LogP contribution in [0.25, 0.3) is 10.8 Å². The molecule has 0 radical (unpaired) electrons. The number of carbonyl (C=O) groups excluding carboxylic acids is 1. The fourth-order valence-corrected chi connectivity index (χ4v) is 4.10. The maximum absolute atomic E-state index is 14.3. The fraction of sp³-hybridized carbons (Fsp3) is 0.240. The van der Waals surface area contributed by atoms with Gasteiger partial charge in [0.2, 0.25) is 0 Å². The van der Waals surface area contributed by atoms with Crippen molar-refractivity contribution in [3.8, 4) is 5.75 Å². The highest BCUT2D eigenvalue weighted by Crippen LogP contribution is 2.36. The second-order valence-electron chi connectivity index (χ2n) is 8.17. The van der Waals surface area contributed by atoms with Crippen molar-refractivity contribution in [2.75, 3.05) is 18.5 Å². The molecule has 1 unspecified atom stereocenters. The van der Waals surface area contributed by atoms with E-state index in [0.29, 0.717) is 22.2 Å². The Kier molecular flexibility index (Phi) is 8.14. The van der Waals surface area contributed by atoms with Gasteiger partial charge in [-0.15, -0.1) is 0 Å². The predicted molar refractivity (Wildman–Crippen MR) is 132 cm³/mol. The van der Waals surface area contributed by atoms with Gasteiger partial charge in [-0.25, -0.2) is 22.9 Å². The summed E-state index contributed by atoms with van der Waals surface area (Å²) in [6, 6.07) is 7.92. The van der Waals surface area contributed by atoms with E-state index < -0.39 is 29.5 Å². The number of H-pyrrole nitrogens is 1. The first kappa shape index (κ1) is 26.2. The molecule has 0 saturated heterocycles. The molecule has 0 aliphatic heterocycles. The molecule has 2 amide bonds. The summed E-state index contributed by atoms with van der Waals surface area (Å²) in [7, 11) is 0. The number of urea groups is 1. The monoisotopic (exact) mass is 533 g/mol. The van der Waals surface area contributed by atoms with Crippen molar-refractivity contribution in [2.45, 2.75) is 26.0 Å². The van der Waals surface area contributed by atoms with Crippen LogP contribution in [0.3, 0.4) is 0 Å². The number of halogens is 4. The topological polar surface area (TPSA) is 103 Å². The van der Waals surface area contributed by atoms with Gasteiger partial charge in [-0.2, -0.15) is 5.10 Å². The lowest BCUT2D eigenvalue weighted by molar-refractivity contribution is 0.182. The number of rotatable bonds is 9. The van der Waals surface area contributed by atoms with Crippen molar-refractivity contribution >= 4 is 34.1 Å². The second-order valence-corrected chi connectivity index (χ2v) is 8.58. The summed E-state index contributed by atoms with van der Waals surface area (Å²) in [4.78, 5) is 18.6. The van der Waals surface area contributed by atoms with Gasteiger partial charge in [0, 0.05) is 24.2 Å². The first-order valence-corrected chi connectivity index (χ1v) is 11.7. The van der Waals surface area contributed by atoms with E-state index in [0.717, 1.165) is 18.2 Å². The van der Waals surface area contributed by atoms with Gasteiger partial charge in [0.15, 0.2) is 17.5 Å². The van der Waals surface area contributed by atoms with E-state index >= 15 is 0 Å². The maximum Gasteiger partial charge on any atom is 0.322 e. The van der Waals surface area contributed by atoms with Crippen LogP contribution < -0.4 is 10.1 Å². The maximum atomic E-state index is 14.3. The lowest BCUT2D eigenvalue weighted by Gasteiger charge is -2.31. The van der Waals surface area contributed by atoms with Crippen molar-refractivity contribution in [3.63, 3.8) is 0 Å². The number of carbonyl (C=O) groups is 1. The Morgan fingerprint density at radius 1 is 1.14 bits per heavy atom. The van der Waals surface area contributed by atoms with Crippen LogP contribution in [0.1, 0.15) is 30.8 Å². The lowest BCUT2D eigenvalue weighted by atomic mass is 9.97. The highest BCUT2D eigenvalue weighted by Gasteiger charge is 2.25. The molecule has 8 nitrogen and oxygen atoms in total. The van der Waals surface area contributed by atoms with Gasteiger partial charge in [-0.1, -0.05) is 17.7 Å². The SMILES string of the molecule is CC(c1ccc(OCc2nc[nH]n2)c2cc(F)c(F)cc12)N(CCCO)C(=O)Nc1ccc(F)c(Cl)c1. The van der Waals surface area contributed by atoms with Crippen LogP contribution in [0.4, 0.5) is 23.7 Å². The van der Waals surface area contributed by atoms with Gasteiger partial charge in [-0.05, 0) is 60.7 Å². The van der Waals surface area contributed by atoms with Crippen LogP contribution >= 0.6 is 11.6 Å². The molecule has 0 saturated carbocycles. The van der Waals surface area contributed by atoms with E-state index in [4.69, 9.17) is 16.3 Å². The predicted octanol–water partition coefficient (Wildman–Crippen LogP) is 5.59. The summed E-state index contributed by atoms with van der Waals surface area (Å²) in [6.45, 7) is 1.69. The zero-order valence-electron chi connectivity index (χ0n) is 19.6. The average molecular weight is 534 g/mol. The molecule has 3 aromatic carbocycles. The molecule has 0 bridgehead atoms. The Morgan fingerprint density at radius 2 is 1.89 bits per heavy atom. The molecular formula is C25H23ClF3N5O3. The van der Waals surface area contributed by atoms with Crippen molar-refractivity contribution in [3.05, 3.63) is 82.7 Å². The van der Waals surface area contributed by atoms with Crippen LogP contribution in [-0.4, -0.2) is 44.4 Å². The third kappa shape index (κ3) is 5.95. The number of aromatic nitrogens is 3. The van der Waals surface area contributed by atoms with Gasteiger partial charge in [0.1, 0.15) is 24.5 Å². The standard InChI is InChI=1S/C25H23ClF3N5O3/c1-14(34(7-2-8-35)25(36)32-15-3-5-20(27)19(26)9-15)16-4-6-23(37-12-24-30-13-31-33-24)18-11-22(29)21(28)10-17(16)18/h3-6,9-11,13-14,35H,2,7-8,12H2,1H3,(H,32,36)(H,30,31,33). The summed E-state index contributed by atoms with van der Waals surface area (Å²) in [6.07, 6.45) is 1.66. The zero-order valence-corrected chi connectivity index (χ0v) is 20.4. The molecule has 37 heavy (non-hydrogen) atoms. The molecule has 1 atom stereocenters. The quantitative estimate of drug-likeness (QED) is 0.260. The number of hydrogen-bond donors (Lipinski definition) is 3. The van der Waals surface area contributed by atoms with Gasteiger partial charge < -0.3 is 20.1 Å². The van der Waals surface area contributed by atoms with Crippen LogP contribution in [0, 0.1) is 17.5 Å². The number of aliphatic hydroxyl groups excluding tert-OH is 1. The first-order valence-electron chi connectivity index (χ1n) is 11.3. The second kappa shape index (κ2) is 11.5. The van der Waals surface area contributed by atoms with E-state index in [-0.39, 0.29) is 42.6 Å². The summed E-state index contributed by atoms with van der Waals surface area (Å²) in [5, 5.41) is 19.0. The van der Waals surface area contributed by atoms with E-state index in [1.165, 1.54) is 23.4 Å². The van der Waals surface area contributed by atoms with Gasteiger partial charge in [0.05, 0.1) is 11.1 Å². The molecule has 3 N–H and O–H groups in total. The smallest absolute Gasteiger partial charge is 0.322 e. The van der Waals surface area contributed by atoms with Crippen molar-refractivity contribution in [1.82, 2.24) is 20.1 Å². The normalized spacial score (nSPS) is 11.9. The molecule has 1 heterocycles. The number of ether oxygens (including phenoxy) is 1. The Hall–Kier alpha value is -3.83. The zero-order chi connectivity index (χ0) is 26.5. The average Bonchev–Trinajstić information content (AvgIpc) is 3.39. The van der Waals surface area contributed by atoms with Crippen LogP contribution in [0.15, 0.2) is 48.8 Å². The molecule has 0 aliphatic rings. The van der Waals surface area contributed by atoms with Crippen molar-refractivity contribution in [1.29, 1.82) is 0 Å². The summed E-state index contributed by atoms with van der Waals surface area (Å²) in [5.74, 6) is -2.08. The Balaban J connectivity index is 1.68. The Morgan fingerprint density at radius 3 is 2.57 bits per heavy atom. The number of benzene rings is 3. The Bertz CT molecular complexity index is 1400. The van der Waals surface area contributed by atoms with E-state index in [1.54, 1.807) is 19.1 Å². The number of anilines is 1. The molecule has 4 aromatic rings. The number of amides is 2. The molecule has 12 heteroatoms. The highest BCUT2D eigenvalue weighted by molar-refractivity contribution is 6.31. The number of nitrogens with one attached hydrogen (secondary N) is 2. The number of fused-ring (bicyclic) bond motifs is 1. The minimum absolute atomic E-state index is 0.00223. The highest BCUT2D eigenvalue weighted by atomic mass is 35.5. The minimum Gasteiger partial charge on any atom is -0.485 e. The summed E-state index contributed by atoms with van der Waals surface area (Å²) >= 11 is 5.82. The molecule has 0 fully saturated rings. The van der Waals surface area contributed by atoms with Crippen molar-refractivity contribution < 1.29 is 27.8 Å².